The van der Waals surface area contributed by atoms with Gasteiger partial charge in [-0.1, -0.05) is 0 Å². The van der Waals surface area contributed by atoms with Gasteiger partial charge in [-0.15, -0.1) is 3.89 Å². The first-order chi connectivity index (χ1) is 5.08. The van der Waals surface area contributed by atoms with E-state index < -0.39 is 10.2 Å². The Morgan fingerprint density at radius 1 is 1.36 bits per heavy atom. The van der Waals surface area contributed by atoms with Crippen molar-refractivity contribution in [1.82, 2.24) is 5.32 Å². The molecule has 1 heterocycles. The molecule has 0 atom stereocenters. The first-order valence-electron chi connectivity index (χ1n) is 3.71. The van der Waals surface area contributed by atoms with E-state index in [0.717, 1.165) is 25.9 Å². The summed E-state index contributed by atoms with van der Waals surface area (Å²) in [6.07, 6.45) is 1.53. The predicted octanol–water partition coefficient (Wildman–Crippen LogP) is 0.285. The molecule has 0 radical (unpaired) electrons. The molecule has 1 rings (SSSR count). The van der Waals surface area contributed by atoms with Crippen LogP contribution in [0.4, 0.5) is 3.89 Å². The fraction of sp³-hybridized carbons (Fsp3) is 1.00. The van der Waals surface area contributed by atoms with Crippen molar-refractivity contribution >= 4 is 10.2 Å². The summed E-state index contributed by atoms with van der Waals surface area (Å²) in [5, 5.41) is 3.08. The molecule has 1 fully saturated rings. The van der Waals surface area contributed by atoms with Crippen LogP contribution < -0.4 is 5.32 Å². The van der Waals surface area contributed by atoms with E-state index in [2.05, 4.69) is 5.32 Å². The molecule has 1 aliphatic rings. The largest absolute Gasteiger partial charge is 0.317 e. The van der Waals surface area contributed by atoms with Crippen LogP contribution in [0, 0.1) is 5.92 Å². The van der Waals surface area contributed by atoms with Crippen LogP contribution in [0.25, 0.3) is 0 Å². The van der Waals surface area contributed by atoms with E-state index in [1.165, 1.54) is 0 Å². The van der Waals surface area contributed by atoms with Crippen molar-refractivity contribution in [3.05, 3.63) is 0 Å². The molecule has 0 amide bonds. The summed E-state index contributed by atoms with van der Waals surface area (Å²) in [6.45, 7) is 1.61. The van der Waals surface area contributed by atoms with Gasteiger partial charge in [-0.3, -0.25) is 0 Å². The SMILES string of the molecule is O=S(=O)(F)CC1CCNCC1. The molecule has 5 heteroatoms. The Hall–Kier alpha value is -0.160. The third-order valence-corrected chi connectivity index (χ3v) is 2.76. The van der Waals surface area contributed by atoms with Gasteiger partial charge in [0.15, 0.2) is 0 Å². The third-order valence-electron chi connectivity index (χ3n) is 1.89. The second kappa shape index (κ2) is 3.49. The van der Waals surface area contributed by atoms with Crippen LogP contribution in [-0.4, -0.2) is 27.3 Å². The van der Waals surface area contributed by atoms with Crippen molar-refractivity contribution in [2.45, 2.75) is 12.8 Å². The highest BCUT2D eigenvalue weighted by Crippen LogP contribution is 2.14. The van der Waals surface area contributed by atoms with Gasteiger partial charge < -0.3 is 5.32 Å². The maximum absolute atomic E-state index is 12.1. The molecule has 1 aliphatic heterocycles. The summed E-state index contributed by atoms with van der Waals surface area (Å²) >= 11 is 0. The van der Waals surface area contributed by atoms with Crippen LogP contribution >= 0.6 is 0 Å². The Labute approximate surface area is 66.2 Å². The van der Waals surface area contributed by atoms with Crippen LogP contribution in [0.3, 0.4) is 0 Å². The van der Waals surface area contributed by atoms with E-state index in [0.29, 0.717) is 0 Å². The molecule has 0 aliphatic carbocycles. The van der Waals surface area contributed by atoms with Gasteiger partial charge in [-0.2, -0.15) is 8.42 Å². The number of nitrogens with one attached hydrogen (secondary N) is 1. The summed E-state index contributed by atoms with van der Waals surface area (Å²) in [6, 6.07) is 0. The number of halogens is 1. The minimum absolute atomic E-state index is 0.0197. The van der Waals surface area contributed by atoms with Gasteiger partial charge in [0.1, 0.15) is 0 Å². The van der Waals surface area contributed by atoms with Gasteiger partial charge in [-0.05, 0) is 31.8 Å². The molecule has 1 N–H and O–H groups in total. The maximum Gasteiger partial charge on any atom is 0.302 e. The first kappa shape index (κ1) is 8.93. The highest BCUT2D eigenvalue weighted by atomic mass is 32.3. The molecule has 0 bridgehead atoms. The molecule has 3 nitrogen and oxygen atoms in total. The zero-order valence-corrected chi connectivity index (χ0v) is 7.03. The monoisotopic (exact) mass is 181 g/mol. The van der Waals surface area contributed by atoms with Gasteiger partial charge in [0.2, 0.25) is 0 Å². The lowest BCUT2D eigenvalue weighted by Gasteiger charge is -2.20. The van der Waals surface area contributed by atoms with Crippen LogP contribution in [0.15, 0.2) is 0 Å². The molecular formula is C6H12FNO2S. The zero-order valence-electron chi connectivity index (χ0n) is 6.22. The van der Waals surface area contributed by atoms with Crippen LogP contribution in [0.5, 0.6) is 0 Å². The number of piperidine rings is 1. The third kappa shape index (κ3) is 3.67. The lowest BCUT2D eigenvalue weighted by molar-refractivity contribution is 0.397. The second-order valence-electron chi connectivity index (χ2n) is 2.90. The number of rotatable bonds is 2. The molecule has 0 aromatic rings. The number of hydrogen-bond acceptors (Lipinski definition) is 3. The average Bonchev–Trinajstić information content (AvgIpc) is 1.85. The molecule has 0 saturated carbocycles. The van der Waals surface area contributed by atoms with Gasteiger partial charge in [0.05, 0.1) is 5.75 Å². The van der Waals surface area contributed by atoms with Gasteiger partial charge in [0, 0.05) is 0 Å². The average molecular weight is 181 g/mol. The molecule has 0 unspecified atom stereocenters. The quantitative estimate of drug-likeness (QED) is 0.623. The Morgan fingerprint density at radius 3 is 2.36 bits per heavy atom. The Morgan fingerprint density at radius 2 is 1.91 bits per heavy atom. The van der Waals surface area contributed by atoms with Gasteiger partial charge in [0.25, 0.3) is 0 Å². The fourth-order valence-corrected chi connectivity index (χ4v) is 2.23. The minimum Gasteiger partial charge on any atom is -0.317 e. The molecule has 0 aromatic heterocycles. The molecule has 66 valence electrons. The Bertz CT molecular complexity index is 209. The van der Waals surface area contributed by atoms with Gasteiger partial charge >= 0.3 is 10.2 Å². The van der Waals surface area contributed by atoms with Crippen molar-refractivity contribution in [2.75, 3.05) is 18.8 Å². The van der Waals surface area contributed by atoms with E-state index in [4.69, 9.17) is 0 Å². The van der Waals surface area contributed by atoms with Crippen molar-refractivity contribution in [1.29, 1.82) is 0 Å². The fourth-order valence-electron chi connectivity index (χ4n) is 1.33. The summed E-state index contributed by atoms with van der Waals surface area (Å²) in [7, 11) is -4.25. The van der Waals surface area contributed by atoms with E-state index in [1.807, 2.05) is 0 Å². The Kier molecular flexibility index (Phi) is 2.84. The summed E-state index contributed by atoms with van der Waals surface area (Å²) in [4.78, 5) is 0. The molecule has 0 aromatic carbocycles. The lowest BCUT2D eigenvalue weighted by Crippen LogP contribution is -2.30. The summed E-state index contributed by atoms with van der Waals surface area (Å²) in [5.41, 5.74) is 0. The second-order valence-corrected chi connectivity index (χ2v) is 4.31. The highest BCUT2D eigenvalue weighted by Gasteiger charge is 2.19. The summed E-state index contributed by atoms with van der Waals surface area (Å²) in [5.74, 6) is -0.277. The molecule has 1 saturated heterocycles. The van der Waals surface area contributed by atoms with Crippen LogP contribution in [-0.2, 0) is 10.2 Å². The first-order valence-corrected chi connectivity index (χ1v) is 5.26. The topological polar surface area (TPSA) is 46.2 Å². The van der Waals surface area contributed by atoms with E-state index in [1.54, 1.807) is 0 Å². The Balaban J connectivity index is 2.36. The van der Waals surface area contributed by atoms with E-state index in [9.17, 15) is 12.3 Å². The van der Waals surface area contributed by atoms with E-state index in [-0.39, 0.29) is 11.7 Å². The summed E-state index contributed by atoms with van der Waals surface area (Å²) < 4.78 is 32.6. The maximum atomic E-state index is 12.1. The smallest absolute Gasteiger partial charge is 0.302 e. The number of hydrogen-bond donors (Lipinski definition) is 1. The predicted molar refractivity (Wildman–Crippen MR) is 40.5 cm³/mol. The van der Waals surface area contributed by atoms with Crippen LogP contribution in [0.2, 0.25) is 0 Å². The van der Waals surface area contributed by atoms with Crippen molar-refractivity contribution in [2.24, 2.45) is 5.92 Å². The highest BCUT2D eigenvalue weighted by molar-refractivity contribution is 7.86. The van der Waals surface area contributed by atoms with Crippen molar-refractivity contribution < 1.29 is 12.3 Å². The van der Waals surface area contributed by atoms with E-state index >= 15 is 0 Å². The normalized spacial score (nSPS) is 21.9. The van der Waals surface area contributed by atoms with Crippen LogP contribution in [0.1, 0.15) is 12.8 Å². The van der Waals surface area contributed by atoms with Gasteiger partial charge in [-0.25, -0.2) is 0 Å². The lowest BCUT2D eigenvalue weighted by atomic mass is 10.0. The zero-order chi connectivity index (χ0) is 8.32. The standard InChI is InChI=1S/C6H12FNO2S/c7-11(9,10)5-6-1-3-8-4-2-6/h6,8H,1-5H2. The van der Waals surface area contributed by atoms with Crippen molar-refractivity contribution in [3.63, 3.8) is 0 Å². The molecule has 0 spiro atoms. The van der Waals surface area contributed by atoms with Crippen molar-refractivity contribution in [3.8, 4) is 0 Å². The minimum atomic E-state index is -4.25. The molecule has 11 heavy (non-hydrogen) atoms. The molecular weight excluding hydrogens is 169 g/mol.